The molecule has 1 aromatic carbocycles. The van der Waals surface area contributed by atoms with Crippen LogP contribution in [0.3, 0.4) is 0 Å². The fourth-order valence-electron chi connectivity index (χ4n) is 3.61. The first-order chi connectivity index (χ1) is 12.8. The molecule has 0 saturated carbocycles. The number of furan rings is 1. The highest BCUT2D eigenvalue weighted by molar-refractivity contribution is 5.79. The van der Waals surface area contributed by atoms with Crippen LogP contribution in [0, 0.1) is 0 Å². The summed E-state index contributed by atoms with van der Waals surface area (Å²) < 4.78 is 19.4. The lowest BCUT2D eigenvalue weighted by Gasteiger charge is -2.32. The van der Waals surface area contributed by atoms with E-state index in [2.05, 4.69) is 27.9 Å². The number of nitrogens with one attached hydrogen (secondary N) is 1. The minimum Gasteiger partial charge on any atom is -0.497 e. The van der Waals surface area contributed by atoms with Crippen molar-refractivity contribution in [3.8, 4) is 5.75 Å². The van der Waals surface area contributed by atoms with Gasteiger partial charge in [0.2, 0.25) is 0 Å². The summed E-state index contributed by atoms with van der Waals surface area (Å²) in [7, 11) is 1.67. The molecule has 26 heavy (non-hydrogen) atoms. The van der Waals surface area contributed by atoms with E-state index < -0.39 is 0 Å². The molecule has 0 spiro atoms. The molecule has 0 amide bonds. The molecule has 0 bridgehead atoms. The topological polar surface area (TPSA) is 61.5 Å². The molecule has 1 aliphatic rings. The molecular weight excluding hydrogens is 330 g/mol. The van der Waals surface area contributed by atoms with Gasteiger partial charge in [0.25, 0.3) is 0 Å². The highest BCUT2D eigenvalue weighted by Crippen LogP contribution is 2.29. The maximum atomic E-state index is 6.06. The van der Waals surface area contributed by atoms with Crippen molar-refractivity contribution in [2.24, 2.45) is 0 Å². The molecule has 138 valence electrons. The smallest absolute Gasteiger partial charge is 0.139 e. The maximum Gasteiger partial charge on any atom is 0.139 e. The Balaban J connectivity index is 1.48. The molecule has 1 aliphatic heterocycles. The summed E-state index contributed by atoms with van der Waals surface area (Å²) in [5.74, 6) is 2.75. The first-order valence-corrected chi connectivity index (χ1v) is 9.21. The van der Waals surface area contributed by atoms with Gasteiger partial charge in [-0.05, 0) is 44.0 Å². The summed E-state index contributed by atoms with van der Waals surface area (Å²) in [5, 5.41) is 4.67. The number of benzene rings is 1. The van der Waals surface area contributed by atoms with E-state index >= 15 is 0 Å². The van der Waals surface area contributed by atoms with Crippen molar-refractivity contribution in [1.82, 2.24) is 14.9 Å². The van der Waals surface area contributed by atoms with Crippen LogP contribution in [0.2, 0.25) is 0 Å². The Kier molecular flexibility index (Phi) is 4.95. The molecule has 2 atom stereocenters. The summed E-state index contributed by atoms with van der Waals surface area (Å²) >= 11 is 0. The zero-order valence-corrected chi connectivity index (χ0v) is 15.3. The Hall–Kier alpha value is -2.31. The predicted molar refractivity (Wildman–Crippen MR) is 99.2 cm³/mol. The number of methoxy groups -OCH3 is 1. The van der Waals surface area contributed by atoms with Gasteiger partial charge in [-0.25, -0.2) is 4.98 Å². The molecule has 6 heteroatoms. The SMILES string of the molecule is CCn1ccnc1[C@H]1OCCC[C@@H]1NCc1cc2cc(OC)ccc2o1. The van der Waals surface area contributed by atoms with Crippen molar-refractivity contribution >= 4 is 11.0 Å². The predicted octanol–water partition coefficient (Wildman–Crippen LogP) is 3.67. The van der Waals surface area contributed by atoms with E-state index in [1.54, 1.807) is 7.11 Å². The molecule has 1 fully saturated rings. The van der Waals surface area contributed by atoms with Gasteiger partial charge >= 0.3 is 0 Å². The Morgan fingerprint density at radius 3 is 3.12 bits per heavy atom. The number of fused-ring (bicyclic) bond motifs is 1. The van der Waals surface area contributed by atoms with Gasteiger partial charge in [0.05, 0.1) is 13.7 Å². The molecule has 0 unspecified atom stereocenters. The number of hydrogen-bond acceptors (Lipinski definition) is 5. The van der Waals surface area contributed by atoms with Crippen molar-refractivity contribution in [2.45, 2.75) is 45.0 Å². The van der Waals surface area contributed by atoms with Crippen LogP contribution in [-0.2, 0) is 17.8 Å². The van der Waals surface area contributed by atoms with Crippen LogP contribution in [0.4, 0.5) is 0 Å². The highest BCUT2D eigenvalue weighted by atomic mass is 16.5. The average molecular weight is 355 g/mol. The minimum atomic E-state index is -0.0248. The molecule has 0 radical (unpaired) electrons. The molecule has 1 saturated heterocycles. The molecule has 1 N–H and O–H groups in total. The van der Waals surface area contributed by atoms with Crippen molar-refractivity contribution in [3.05, 3.63) is 48.2 Å². The Morgan fingerprint density at radius 2 is 2.27 bits per heavy atom. The van der Waals surface area contributed by atoms with Crippen LogP contribution in [0.1, 0.15) is 37.5 Å². The number of rotatable bonds is 6. The van der Waals surface area contributed by atoms with Crippen LogP contribution < -0.4 is 10.1 Å². The molecule has 6 nitrogen and oxygen atoms in total. The molecule has 3 heterocycles. The first kappa shape index (κ1) is 17.1. The number of nitrogens with zero attached hydrogens (tertiary/aromatic N) is 2. The van der Waals surface area contributed by atoms with Crippen LogP contribution in [0.5, 0.6) is 5.75 Å². The van der Waals surface area contributed by atoms with Gasteiger partial charge in [-0.1, -0.05) is 0 Å². The summed E-state index contributed by atoms with van der Waals surface area (Å²) in [4.78, 5) is 4.53. The third-order valence-corrected chi connectivity index (χ3v) is 4.98. The molecule has 2 aromatic heterocycles. The zero-order chi connectivity index (χ0) is 17.9. The van der Waals surface area contributed by atoms with Gasteiger partial charge < -0.3 is 23.8 Å². The first-order valence-electron chi connectivity index (χ1n) is 9.21. The summed E-state index contributed by atoms with van der Waals surface area (Å²) in [6, 6.07) is 8.14. The standard InChI is InChI=1S/C20H25N3O3/c1-3-23-9-8-21-20(23)19-17(5-4-10-25-19)22-13-16-12-14-11-15(24-2)6-7-18(14)26-16/h6-9,11-12,17,19,22H,3-5,10,13H2,1-2H3/t17-,19-/m0/s1. The monoisotopic (exact) mass is 355 g/mol. The quantitative estimate of drug-likeness (QED) is 0.731. The van der Waals surface area contributed by atoms with E-state index in [4.69, 9.17) is 13.9 Å². The molecule has 4 rings (SSSR count). The normalized spacial score (nSPS) is 20.5. The number of aryl methyl sites for hydroxylation is 1. The van der Waals surface area contributed by atoms with Crippen LogP contribution in [0.25, 0.3) is 11.0 Å². The lowest BCUT2D eigenvalue weighted by atomic mass is 10.0. The minimum absolute atomic E-state index is 0.0248. The second kappa shape index (κ2) is 7.51. The van der Waals surface area contributed by atoms with Gasteiger partial charge in [-0.2, -0.15) is 0 Å². The van der Waals surface area contributed by atoms with Crippen molar-refractivity contribution in [3.63, 3.8) is 0 Å². The van der Waals surface area contributed by atoms with Crippen LogP contribution >= 0.6 is 0 Å². The Labute approximate surface area is 153 Å². The summed E-state index contributed by atoms with van der Waals surface area (Å²) in [5.41, 5.74) is 0.876. The average Bonchev–Trinajstić information content (AvgIpc) is 3.32. The van der Waals surface area contributed by atoms with Crippen molar-refractivity contribution < 1.29 is 13.9 Å². The lowest BCUT2D eigenvalue weighted by molar-refractivity contribution is -0.0185. The van der Waals surface area contributed by atoms with Crippen molar-refractivity contribution in [2.75, 3.05) is 13.7 Å². The third kappa shape index (κ3) is 3.34. The van der Waals surface area contributed by atoms with Crippen LogP contribution in [-0.4, -0.2) is 29.3 Å². The van der Waals surface area contributed by atoms with Gasteiger partial charge in [-0.15, -0.1) is 0 Å². The zero-order valence-electron chi connectivity index (χ0n) is 15.3. The van der Waals surface area contributed by atoms with Crippen LogP contribution in [0.15, 0.2) is 41.1 Å². The number of imidazole rings is 1. The summed E-state index contributed by atoms with van der Waals surface area (Å²) in [6.45, 7) is 4.46. The Morgan fingerprint density at radius 1 is 1.35 bits per heavy atom. The Bertz CT molecular complexity index is 870. The fourth-order valence-corrected chi connectivity index (χ4v) is 3.61. The van der Waals surface area contributed by atoms with E-state index in [0.29, 0.717) is 6.54 Å². The molecule has 0 aliphatic carbocycles. The fraction of sp³-hybridized carbons (Fsp3) is 0.450. The number of aromatic nitrogens is 2. The van der Waals surface area contributed by atoms with E-state index in [1.165, 1.54) is 0 Å². The molecule has 3 aromatic rings. The van der Waals surface area contributed by atoms with Gasteiger partial charge in [0.1, 0.15) is 29.0 Å². The molecular formula is C20H25N3O3. The number of ether oxygens (including phenoxy) is 2. The van der Waals surface area contributed by atoms with E-state index in [0.717, 1.165) is 54.3 Å². The highest BCUT2D eigenvalue weighted by Gasteiger charge is 2.30. The lowest BCUT2D eigenvalue weighted by Crippen LogP contribution is -2.40. The van der Waals surface area contributed by atoms with Gasteiger partial charge in [-0.3, -0.25) is 0 Å². The maximum absolute atomic E-state index is 6.06. The second-order valence-corrected chi connectivity index (χ2v) is 6.61. The van der Waals surface area contributed by atoms with Crippen molar-refractivity contribution in [1.29, 1.82) is 0 Å². The summed E-state index contributed by atoms with van der Waals surface area (Å²) in [6.07, 6.45) is 5.95. The number of hydrogen-bond donors (Lipinski definition) is 1. The van der Waals surface area contributed by atoms with Gasteiger partial charge in [0, 0.05) is 37.0 Å². The third-order valence-electron chi connectivity index (χ3n) is 4.98. The van der Waals surface area contributed by atoms with E-state index in [-0.39, 0.29) is 12.1 Å². The second-order valence-electron chi connectivity index (χ2n) is 6.61. The van der Waals surface area contributed by atoms with E-state index in [9.17, 15) is 0 Å². The largest absolute Gasteiger partial charge is 0.497 e. The van der Waals surface area contributed by atoms with Gasteiger partial charge in [0.15, 0.2) is 0 Å². The van der Waals surface area contributed by atoms with E-state index in [1.807, 2.05) is 30.6 Å².